The number of hydrogen-bond acceptors (Lipinski definition) is 3. The number of morpholine rings is 1. The van der Waals surface area contributed by atoms with E-state index in [1.807, 2.05) is 0 Å². The predicted molar refractivity (Wildman–Crippen MR) is 45.5 cm³/mol. The number of unbranched alkanes of at least 4 members (excludes halogenated alkanes) is 1. The van der Waals surface area contributed by atoms with Crippen molar-refractivity contribution >= 4 is 0 Å². The van der Waals surface area contributed by atoms with E-state index >= 15 is 0 Å². The quantitative estimate of drug-likeness (QED) is 0.571. The monoisotopic (exact) mass is 158 g/mol. The lowest BCUT2D eigenvalue weighted by molar-refractivity contribution is 0.0222. The van der Waals surface area contributed by atoms with Crippen LogP contribution in [-0.4, -0.2) is 32.3 Å². The van der Waals surface area contributed by atoms with E-state index in [1.54, 1.807) is 0 Å². The van der Waals surface area contributed by atoms with E-state index in [4.69, 9.17) is 10.5 Å². The molecule has 1 aliphatic rings. The summed E-state index contributed by atoms with van der Waals surface area (Å²) in [5.74, 6) is 0. The van der Waals surface area contributed by atoms with Crippen molar-refractivity contribution in [2.24, 2.45) is 5.73 Å². The molecule has 66 valence electrons. The van der Waals surface area contributed by atoms with E-state index in [2.05, 4.69) is 5.32 Å². The molecule has 0 aromatic carbocycles. The zero-order chi connectivity index (χ0) is 7.94. The van der Waals surface area contributed by atoms with Crippen molar-refractivity contribution in [1.82, 2.24) is 5.32 Å². The molecule has 0 radical (unpaired) electrons. The summed E-state index contributed by atoms with van der Waals surface area (Å²) >= 11 is 0. The molecule has 1 unspecified atom stereocenters. The molecule has 0 aliphatic carbocycles. The number of nitrogens with two attached hydrogens (primary N) is 1. The van der Waals surface area contributed by atoms with Crippen LogP contribution in [0.3, 0.4) is 0 Å². The van der Waals surface area contributed by atoms with Gasteiger partial charge >= 0.3 is 0 Å². The topological polar surface area (TPSA) is 47.3 Å². The molecule has 1 atom stereocenters. The van der Waals surface area contributed by atoms with Crippen LogP contribution in [0.4, 0.5) is 0 Å². The predicted octanol–water partition coefficient (Wildman–Crippen LogP) is 0.104. The Labute approximate surface area is 68.3 Å². The average molecular weight is 158 g/mol. The Morgan fingerprint density at radius 2 is 2.36 bits per heavy atom. The van der Waals surface area contributed by atoms with Crippen LogP contribution in [0.25, 0.3) is 0 Å². The highest BCUT2D eigenvalue weighted by molar-refractivity contribution is 4.66. The molecule has 1 fully saturated rings. The third kappa shape index (κ3) is 3.70. The van der Waals surface area contributed by atoms with Crippen LogP contribution in [0.15, 0.2) is 0 Å². The molecular weight excluding hydrogens is 140 g/mol. The summed E-state index contributed by atoms with van der Waals surface area (Å²) in [6.45, 7) is 3.70. The number of rotatable bonds is 4. The minimum absolute atomic E-state index is 0.440. The Balaban J connectivity index is 1.96. The van der Waals surface area contributed by atoms with Crippen LogP contribution in [0.5, 0.6) is 0 Å². The van der Waals surface area contributed by atoms with Crippen molar-refractivity contribution in [1.29, 1.82) is 0 Å². The Bertz CT molecular complexity index is 92.1. The van der Waals surface area contributed by atoms with Gasteiger partial charge in [-0.3, -0.25) is 0 Å². The van der Waals surface area contributed by atoms with Crippen LogP contribution in [0.2, 0.25) is 0 Å². The first kappa shape index (κ1) is 8.97. The summed E-state index contributed by atoms with van der Waals surface area (Å²) in [6, 6.07) is 0. The molecule has 0 saturated carbocycles. The Kier molecular flexibility index (Phi) is 4.50. The molecule has 0 spiro atoms. The summed E-state index contributed by atoms with van der Waals surface area (Å²) in [6.07, 6.45) is 3.92. The standard InChI is InChI=1S/C8H18N2O/c9-4-2-1-3-8-7-10-5-6-11-8/h8,10H,1-7,9H2. The van der Waals surface area contributed by atoms with Crippen molar-refractivity contribution in [3.05, 3.63) is 0 Å². The fourth-order valence-electron chi connectivity index (χ4n) is 1.32. The van der Waals surface area contributed by atoms with Gasteiger partial charge in [0.2, 0.25) is 0 Å². The fourth-order valence-corrected chi connectivity index (χ4v) is 1.32. The van der Waals surface area contributed by atoms with Crippen LogP contribution in [0, 0.1) is 0 Å². The molecule has 1 heterocycles. The van der Waals surface area contributed by atoms with Gasteiger partial charge in [-0.2, -0.15) is 0 Å². The zero-order valence-corrected chi connectivity index (χ0v) is 7.01. The molecule has 1 rings (SSSR count). The molecule has 3 nitrogen and oxygen atoms in total. The van der Waals surface area contributed by atoms with E-state index in [0.29, 0.717) is 6.10 Å². The van der Waals surface area contributed by atoms with Crippen molar-refractivity contribution in [2.45, 2.75) is 25.4 Å². The molecular formula is C8H18N2O. The Hall–Kier alpha value is -0.120. The molecule has 0 aromatic rings. The Morgan fingerprint density at radius 1 is 1.45 bits per heavy atom. The van der Waals surface area contributed by atoms with Gasteiger partial charge in [-0.25, -0.2) is 0 Å². The second-order valence-corrected chi connectivity index (χ2v) is 2.98. The highest BCUT2D eigenvalue weighted by Crippen LogP contribution is 2.05. The first-order valence-electron chi connectivity index (χ1n) is 4.46. The second kappa shape index (κ2) is 5.52. The van der Waals surface area contributed by atoms with Crippen LogP contribution in [-0.2, 0) is 4.74 Å². The smallest absolute Gasteiger partial charge is 0.0700 e. The van der Waals surface area contributed by atoms with Gasteiger partial charge in [-0.05, 0) is 25.8 Å². The lowest BCUT2D eigenvalue weighted by Crippen LogP contribution is -2.38. The first-order valence-corrected chi connectivity index (χ1v) is 4.46. The summed E-state index contributed by atoms with van der Waals surface area (Å²) in [7, 11) is 0. The molecule has 11 heavy (non-hydrogen) atoms. The number of ether oxygens (including phenoxy) is 1. The van der Waals surface area contributed by atoms with Gasteiger partial charge in [0, 0.05) is 13.1 Å². The molecule has 0 bridgehead atoms. The van der Waals surface area contributed by atoms with Crippen LogP contribution < -0.4 is 11.1 Å². The Morgan fingerprint density at radius 3 is 3.00 bits per heavy atom. The number of nitrogens with one attached hydrogen (secondary N) is 1. The van der Waals surface area contributed by atoms with E-state index in [0.717, 1.165) is 39.1 Å². The summed E-state index contributed by atoms with van der Waals surface area (Å²) in [4.78, 5) is 0. The molecule has 3 heteroatoms. The van der Waals surface area contributed by atoms with Crippen LogP contribution >= 0.6 is 0 Å². The highest BCUT2D eigenvalue weighted by atomic mass is 16.5. The average Bonchev–Trinajstić information content (AvgIpc) is 2.07. The molecule has 1 aliphatic heterocycles. The summed E-state index contributed by atoms with van der Waals surface area (Å²) in [5.41, 5.74) is 5.39. The van der Waals surface area contributed by atoms with Gasteiger partial charge in [0.25, 0.3) is 0 Å². The molecule has 0 aromatic heterocycles. The molecule has 1 saturated heterocycles. The van der Waals surface area contributed by atoms with E-state index in [9.17, 15) is 0 Å². The maximum atomic E-state index is 5.52. The van der Waals surface area contributed by atoms with E-state index in [-0.39, 0.29) is 0 Å². The van der Waals surface area contributed by atoms with Gasteiger partial charge in [-0.1, -0.05) is 0 Å². The second-order valence-electron chi connectivity index (χ2n) is 2.98. The van der Waals surface area contributed by atoms with Crippen LogP contribution in [0.1, 0.15) is 19.3 Å². The van der Waals surface area contributed by atoms with Gasteiger partial charge in [0.15, 0.2) is 0 Å². The van der Waals surface area contributed by atoms with Crippen molar-refractivity contribution in [3.63, 3.8) is 0 Å². The lowest BCUT2D eigenvalue weighted by Gasteiger charge is -2.23. The minimum atomic E-state index is 0.440. The van der Waals surface area contributed by atoms with Gasteiger partial charge in [-0.15, -0.1) is 0 Å². The molecule has 3 N–H and O–H groups in total. The summed E-state index contributed by atoms with van der Waals surface area (Å²) in [5, 5.41) is 3.31. The van der Waals surface area contributed by atoms with Crippen molar-refractivity contribution in [3.8, 4) is 0 Å². The van der Waals surface area contributed by atoms with Gasteiger partial charge in [0.1, 0.15) is 0 Å². The van der Waals surface area contributed by atoms with E-state index < -0.39 is 0 Å². The first-order chi connectivity index (χ1) is 5.43. The number of hydrogen-bond donors (Lipinski definition) is 2. The maximum Gasteiger partial charge on any atom is 0.0700 e. The SMILES string of the molecule is NCCCCC1CNCCO1. The molecule has 0 amide bonds. The maximum absolute atomic E-state index is 5.52. The third-order valence-corrected chi connectivity index (χ3v) is 1.98. The van der Waals surface area contributed by atoms with Gasteiger partial charge < -0.3 is 15.8 Å². The highest BCUT2D eigenvalue weighted by Gasteiger charge is 2.11. The van der Waals surface area contributed by atoms with Gasteiger partial charge in [0.05, 0.1) is 12.7 Å². The van der Waals surface area contributed by atoms with Crippen molar-refractivity contribution in [2.75, 3.05) is 26.2 Å². The van der Waals surface area contributed by atoms with Crippen molar-refractivity contribution < 1.29 is 4.74 Å². The zero-order valence-electron chi connectivity index (χ0n) is 7.01. The summed E-state index contributed by atoms with van der Waals surface area (Å²) < 4.78 is 5.52. The normalized spacial score (nSPS) is 25.4. The van der Waals surface area contributed by atoms with E-state index in [1.165, 1.54) is 6.42 Å². The fraction of sp³-hybridized carbons (Fsp3) is 1.00. The third-order valence-electron chi connectivity index (χ3n) is 1.98. The minimum Gasteiger partial charge on any atom is -0.376 e. The lowest BCUT2D eigenvalue weighted by atomic mass is 10.1. The largest absolute Gasteiger partial charge is 0.376 e.